The lowest BCUT2D eigenvalue weighted by atomic mass is 10.00. The minimum atomic E-state index is 0.0455. The van der Waals surface area contributed by atoms with Crippen LogP contribution < -0.4 is 4.74 Å². The van der Waals surface area contributed by atoms with Gasteiger partial charge in [0.15, 0.2) is 5.78 Å². The highest BCUT2D eigenvalue weighted by Crippen LogP contribution is 2.31. The van der Waals surface area contributed by atoms with Crippen molar-refractivity contribution >= 4 is 5.78 Å². The summed E-state index contributed by atoms with van der Waals surface area (Å²) in [7, 11) is 1.62. The highest BCUT2D eigenvalue weighted by molar-refractivity contribution is 5.95. The van der Waals surface area contributed by atoms with Crippen LogP contribution in [0.15, 0.2) is 42.5 Å². The third-order valence-electron chi connectivity index (χ3n) is 2.94. The van der Waals surface area contributed by atoms with Gasteiger partial charge in [0.1, 0.15) is 5.75 Å². The summed E-state index contributed by atoms with van der Waals surface area (Å²) < 4.78 is 5.38. The fraction of sp³-hybridized carbons (Fsp3) is 0.188. The van der Waals surface area contributed by atoms with Gasteiger partial charge in [-0.1, -0.05) is 35.9 Å². The van der Waals surface area contributed by atoms with Crippen LogP contribution >= 0.6 is 0 Å². The third kappa shape index (κ3) is 2.43. The maximum Gasteiger partial charge on any atom is 0.159 e. The van der Waals surface area contributed by atoms with Crippen LogP contribution in [0.4, 0.5) is 0 Å². The molecule has 0 N–H and O–H groups in total. The van der Waals surface area contributed by atoms with E-state index in [1.54, 1.807) is 20.1 Å². The molecule has 2 heteroatoms. The van der Waals surface area contributed by atoms with Gasteiger partial charge in [-0.2, -0.15) is 0 Å². The molecule has 2 nitrogen and oxygen atoms in total. The Bertz CT molecular complexity index is 585. The molecule has 0 spiro atoms. The standard InChI is InChI=1S/C16H16O2/c1-11-5-4-6-14(9-11)15-8-7-13(12(2)17)10-16(15)18-3/h4-10H,1-3H3. The SMILES string of the molecule is COc1cc(C(C)=O)ccc1-c1cccc(C)c1. The molecular formula is C16H16O2. The molecule has 0 aliphatic rings. The number of carbonyl (C=O) groups is 1. The Kier molecular flexibility index (Phi) is 3.47. The Labute approximate surface area is 107 Å². The lowest BCUT2D eigenvalue weighted by molar-refractivity contribution is 0.101. The Morgan fingerprint density at radius 1 is 1.11 bits per heavy atom. The van der Waals surface area contributed by atoms with Gasteiger partial charge >= 0.3 is 0 Å². The molecule has 18 heavy (non-hydrogen) atoms. The molecule has 0 saturated heterocycles. The summed E-state index contributed by atoms with van der Waals surface area (Å²) in [4.78, 5) is 11.4. The van der Waals surface area contributed by atoms with Crippen molar-refractivity contribution in [3.05, 3.63) is 53.6 Å². The highest BCUT2D eigenvalue weighted by atomic mass is 16.5. The van der Waals surface area contributed by atoms with Crippen molar-refractivity contribution in [3.63, 3.8) is 0 Å². The van der Waals surface area contributed by atoms with E-state index in [0.717, 1.165) is 16.9 Å². The molecule has 0 bridgehead atoms. The van der Waals surface area contributed by atoms with Crippen LogP contribution in [-0.2, 0) is 0 Å². The predicted octanol–water partition coefficient (Wildman–Crippen LogP) is 3.87. The number of ether oxygens (including phenoxy) is 1. The van der Waals surface area contributed by atoms with E-state index in [2.05, 4.69) is 19.1 Å². The zero-order chi connectivity index (χ0) is 13.1. The van der Waals surface area contributed by atoms with E-state index >= 15 is 0 Å². The second-order valence-electron chi connectivity index (χ2n) is 4.34. The third-order valence-corrected chi connectivity index (χ3v) is 2.94. The summed E-state index contributed by atoms with van der Waals surface area (Å²) in [5.74, 6) is 0.775. The molecule has 0 fully saturated rings. The van der Waals surface area contributed by atoms with Gasteiger partial charge in [-0.3, -0.25) is 4.79 Å². The first-order valence-corrected chi connectivity index (χ1v) is 5.88. The van der Waals surface area contributed by atoms with E-state index < -0.39 is 0 Å². The monoisotopic (exact) mass is 240 g/mol. The quantitative estimate of drug-likeness (QED) is 0.761. The summed E-state index contributed by atoms with van der Waals surface area (Å²) >= 11 is 0. The van der Waals surface area contributed by atoms with Crippen molar-refractivity contribution in [1.29, 1.82) is 0 Å². The molecule has 0 aliphatic heterocycles. The summed E-state index contributed by atoms with van der Waals surface area (Å²) in [6.45, 7) is 3.61. The van der Waals surface area contributed by atoms with Gasteiger partial charge in [0.05, 0.1) is 7.11 Å². The van der Waals surface area contributed by atoms with Crippen LogP contribution in [0.2, 0.25) is 0 Å². The van der Waals surface area contributed by atoms with Crippen molar-refractivity contribution in [1.82, 2.24) is 0 Å². The number of hydrogen-bond acceptors (Lipinski definition) is 2. The number of aryl methyl sites for hydroxylation is 1. The minimum Gasteiger partial charge on any atom is -0.496 e. The van der Waals surface area contributed by atoms with Crippen molar-refractivity contribution in [2.24, 2.45) is 0 Å². The predicted molar refractivity (Wildman–Crippen MR) is 73.2 cm³/mol. The molecule has 92 valence electrons. The zero-order valence-electron chi connectivity index (χ0n) is 10.9. The number of carbonyl (C=O) groups excluding carboxylic acids is 1. The molecule has 0 amide bonds. The first-order valence-electron chi connectivity index (χ1n) is 5.88. The molecule has 2 rings (SSSR count). The van der Waals surface area contributed by atoms with Crippen LogP contribution in [0.3, 0.4) is 0 Å². The molecule has 2 aromatic rings. The van der Waals surface area contributed by atoms with Crippen LogP contribution in [-0.4, -0.2) is 12.9 Å². The van der Waals surface area contributed by atoms with Crippen molar-refractivity contribution in [3.8, 4) is 16.9 Å². The lowest BCUT2D eigenvalue weighted by Crippen LogP contribution is -1.95. The van der Waals surface area contributed by atoms with Crippen molar-refractivity contribution in [2.45, 2.75) is 13.8 Å². The maximum absolute atomic E-state index is 11.4. The molecule has 0 heterocycles. The summed E-state index contributed by atoms with van der Waals surface area (Å²) in [5, 5.41) is 0. The Hall–Kier alpha value is -2.09. The fourth-order valence-electron chi connectivity index (χ4n) is 1.96. The maximum atomic E-state index is 11.4. The van der Waals surface area contributed by atoms with Crippen molar-refractivity contribution in [2.75, 3.05) is 7.11 Å². The largest absolute Gasteiger partial charge is 0.496 e. The lowest BCUT2D eigenvalue weighted by Gasteiger charge is -2.10. The first kappa shape index (κ1) is 12.4. The van der Waals surface area contributed by atoms with Crippen molar-refractivity contribution < 1.29 is 9.53 Å². The Morgan fingerprint density at radius 3 is 2.50 bits per heavy atom. The average Bonchev–Trinajstić information content (AvgIpc) is 2.37. The number of rotatable bonds is 3. The van der Waals surface area contributed by atoms with E-state index in [-0.39, 0.29) is 5.78 Å². The van der Waals surface area contributed by atoms with E-state index in [4.69, 9.17) is 4.74 Å². The van der Waals surface area contributed by atoms with E-state index in [1.807, 2.05) is 24.3 Å². The van der Waals surface area contributed by atoms with Gasteiger partial charge in [0.25, 0.3) is 0 Å². The number of hydrogen-bond donors (Lipinski definition) is 0. The summed E-state index contributed by atoms with van der Waals surface area (Å²) in [6.07, 6.45) is 0. The molecule has 0 aliphatic carbocycles. The number of methoxy groups -OCH3 is 1. The topological polar surface area (TPSA) is 26.3 Å². The van der Waals surface area contributed by atoms with Crippen LogP contribution in [0.1, 0.15) is 22.8 Å². The molecule has 2 aromatic carbocycles. The molecule has 0 saturated carbocycles. The van der Waals surface area contributed by atoms with Gasteiger partial charge < -0.3 is 4.74 Å². The number of benzene rings is 2. The van der Waals surface area contributed by atoms with Gasteiger partial charge in [0, 0.05) is 11.1 Å². The van der Waals surface area contributed by atoms with Crippen LogP contribution in [0, 0.1) is 6.92 Å². The molecule has 0 aromatic heterocycles. The fourth-order valence-corrected chi connectivity index (χ4v) is 1.96. The van der Waals surface area contributed by atoms with E-state index in [9.17, 15) is 4.79 Å². The molecule has 0 unspecified atom stereocenters. The smallest absolute Gasteiger partial charge is 0.159 e. The second kappa shape index (κ2) is 5.05. The summed E-state index contributed by atoms with van der Waals surface area (Å²) in [6, 6.07) is 13.8. The highest BCUT2D eigenvalue weighted by Gasteiger charge is 2.09. The van der Waals surface area contributed by atoms with Gasteiger partial charge in [-0.05, 0) is 31.5 Å². The molecular weight excluding hydrogens is 224 g/mol. The number of Topliss-reactive ketones (excluding diaryl/α,β-unsaturated/α-hetero) is 1. The molecule has 0 radical (unpaired) electrons. The van der Waals surface area contributed by atoms with Crippen LogP contribution in [0.5, 0.6) is 5.75 Å². The van der Waals surface area contributed by atoms with Gasteiger partial charge in [-0.25, -0.2) is 0 Å². The van der Waals surface area contributed by atoms with E-state index in [0.29, 0.717) is 5.56 Å². The Balaban J connectivity index is 2.54. The average molecular weight is 240 g/mol. The van der Waals surface area contributed by atoms with Gasteiger partial charge in [-0.15, -0.1) is 0 Å². The second-order valence-corrected chi connectivity index (χ2v) is 4.34. The minimum absolute atomic E-state index is 0.0455. The van der Waals surface area contributed by atoms with Crippen LogP contribution in [0.25, 0.3) is 11.1 Å². The Morgan fingerprint density at radius 2 is 1.89 bits per heavy atom. The number of ketones is 1. The molecule has 0 atom stereocenters. The first-order chi connectivity index (χ1) is 8.61. The zero-order valence-corrected chi connectivity index (χ0v) is 10.9. The normalized spacial score (nSPS) is 10.2. The summed E-state index contributed by atoms with van der Waals surface area (Å²) in [5.41, 5.74) is 3.97. The van der Waals surface area contributed by atoms with Gasteiger partial charge in [0.2, 0.25) is 0 Å². The van der Waals surface area contributed by atoms with E-state index in [1.165, 1.54) is 5.56 Å².